The van der Waals surface area contributed by atoms with E-state index in [1.54, 1.807) is 61.0 Å². The molecule has 0 aliphatic rings. The first-order chi connectivity index (χ1) is 17.9. The molecule has 0 aliphatic carbocycles. The number of hydrogen-bond donors (Lipinski definition) is 4. The monoisotopic (exact) mass is 516 g/mol. The quantitative estimate of drug-likeness (QED) is 0.277. The number of anilines is 2. The van der Waals surface area contributed by atoms with E-state index in [1.165, 1.54) is 26.2 Å². The highest BCUT2D eigenvalue weighted by atomic mass is 19.1. The van der Waals surface area contributed by atoms with E-state index in [-0.39, 0.29) is 12.1 Å². The minimum Gasteiger partial charge on any atom is -0.387 e. The number of carbonyl (C=O) groups excluding carboxylic acids is 1. The van der Waals surface area contributed by atoms with Gasteiger partial charge in [0, 0.05) is 35.7 Å². The first-order valence-corrected chi connectivity index (χ1v) is 12.0. The van der Waals surface area contributed by atoms with Crippen LogP contribution in [0.25, 0.3) is 16.9 Å². The maximum atomic E-state index is 14.3. The minimum atomic E-state index is -1.67. The van der Waals surface area contributed by atoms with Gasteiger partial charge in [-0.25, -0.2) is 14.4 Å². The molecule has 4 aromatic rings. The predicted molar refractivity (Wildman–Crippen MR) is 142 cm³/mol. The van der Waals surface area contributed by atoms with Crippen molar-refractivity contribution < 1.29 is 19.4 Å². The zero-order chi connectivity index (χ0) is 27.7. The fourth-order valence-electron chi connectivity index (χ4n) is 3.79. The second-order valence-corrected chi connectivity index (χ2v) is 10.1. The largest absolute Gasteiger partial charge is 0.387 e. The minimum absolute atomic E-state index is 0.154. The van der Waals surface area contributed by atoms with E-state index in [0.717, 1.165) is 5.39 Å². The molecule has 4 rings (SSSR count). The molecular weight excluding hydrogens is 487 g/mol. The van der Waals surface area contributed by atoms with Crippen LogP contribution in [0.3, 0.4) is 0 Å². The fraction of sp³-hybridized carbons (Fsp3) is 0.286. The molecule has 0 aliphatic heterocycles. The maximum Gasteiger partial charge on any atom is 0.255 e. The molecule has 3 heterocycles. The third kappa shape index (κ3) is 5.80. The average molecular weight is 517 g/mol. The van der Waals surface area contributed by atoms with Crippen molar-refractivity contribution in [3.8, 4) is 11.9 Å². The van der Waals surface area contributed by atoms with Crippen LogP contribution in [0.1, 0.15) is 49.2 Å². The van der Waals surface area contributed by atoms with Gasteiger partial charge in [-0.05, 0) is 57.5 Å². The number of nitrogens with one attached hydrogen (secondary N) is 2. The molecule has 196 valence electrons. The number of aromatic nitrogens is 3. The van der Waals surface area contributed by atoms with Crippen molar-refractivity contribution in [3.63, 3.8) is 0 Å². The van der Waals surface area contributed by atoms with Crippen LogP contribution < -0.4 is 10.6 Å². The summed E-state index contributed by atoms with van der Waals surface area (Å²) in [6.07, 6.45) is 2.93. The molecule has 3 aromatic heterocycles. The Bertz CT molecular complexity index is 1530. The lowest BCUT2D eigenvalue weighted by Gasteiger charge is -2.23. The first kappa shape index (κ1) is 26.7. The molecule has 1 atom stereocenters. The van der Waals surface area contributed by atoms with Crippen LogP contribution in [0.15, 0.2) is 61.1 Å². The molecule has 0 unspecified atom stereocenters. The molecule has 1 aromatic carbocycles. The summed E-state index contributed by atoms with van der Waals surface area (Å²) in [6, 6.07) is 14.4. The van der Waals surface area contributed by atoms with E-state index < -0.39 is 23.3 Å². The normalized spacial score (nSPS) is 12.7. The second-order valence-electron chi connectivity index (χ2n) is 10.1. The number of fused-ring (bicyclic) bond motifs is 1. The van der Waals surface area contributed by atoms with Crippen LogP contribution in [0, 0.1) is 11.3 Å². The van der Waals surface area contributed by atoms with Gasteiger partial charge in [0.05, 0.1) is 34.6 Å². The van der Waals surface area contributed by atoms with E-state index >= 15 is 0 Å². The van der Waals surface area contributed by atoms with Gasteiger partial charge in [0.1, 0.15) is 23.7 Å². The summed E-state index contributed by atoms with van der Waals surface area (Å²) < 4.78 is 16.0. The zero-order valence-electron chi connectivity index (χ0n) is 21.5. The van der Waals surface area contributed by atoms with Crippen LogP contribution in [0.4, 0.5) is 15.8 Å². The Balaban J connectivity index is 1.74. The molecule has 0 saturated heterocycles. The number of hydrogen-bond acceptors (Lipinski definition) is 7. The van der Waals surface area contributed by atoms with Gasteiger partial charge < -0.3 is 20.8 Å². The van der Waals surface area contributed by atoms with Gasteiger partial charge in [-0.3, -0.25) is 9.36 Å². The maximum absolute atomic E-state index is 14.3. The van der Waals surface area contributed by atoms with Crippen LogP contribution in [-0.2, 0) is 5.60 Å². The summed E-state index contributed by atoms with van der Waals surface area (Å²) in [4.78, 5) is 21.9. The van der Waals surface area contributed by atoms with E-state index in [1.807, 2.05) is 6.07 Å². The summed E-state index contributed by atoms with van der Waals surface area (Å²) in [6.45, 7) is 5.63. The topological polar surface area (TPSA) is 136 Å². The van der Waals surface area contributed by atoms with Crippen molar-refractivity contribution >= 4 is 28.3 Å². The smallest absolute Gasteiger partial charge is 0.255 e. The van der Waals surface area contributed by atoms with Gasteiger partial charge in [-0.2, -0.15) is 5.26 Å². The van der Waals surface area contributed by atoms with Crippen LogP contribution in [-0.4, -0.2) is 49.0 Å². The number of aliphatic hydroxyl groups is 2. The fourth-order valence-corrected chi connectivity index (χ4v) is 3.79. The van der Waals surface area contributed by atoms with E-state index in [2.05, 4.69) is 26.7 Å². The molecule has 0 bridgehead atoms. The summed E-state index contributed by atoms with van der Waals surface area (Å²) in [5, 5.41) is 36.0. The highest BCUT2D eigenvalue weighted by Crippen LogP contribution is 2.28. The Morgan fingerprint density at radius 1 is 1.13 bits per heavy atom. The molecule has 0 saturated carbocycles. The summed E-state index contributed by atoms with van der Waals surface area (Å²) in [5.41, 5.74) is 0.146. The van der Waals surface area contributed by atoms with Gasteiger partial charge in [0.25, 0.3) is 5.91 Å². The molecule has 9 nitrogen and oxygen atoms in total. The Kier molecular flexibility index (Phi) is 7.18. The van der Waals surface area contributed by atoms with Gasteiger partial charge in [0.15, 0.2) is 0 Å². The third-order valence-corrected chi connectivity index (χ3v) is 6.09. The van der Waals surface area contributed by atoms with Crippen molar-refractivity contribution in [2.75, 3.05) is 11.9 Å². The van der Waals surface area contributed by atoms with Crippen molar-refractivity contribution in [2.45, 2.75) is 45.1 Å². The van der Waals surface area contributed by atoms with Crippen LogP contribution in [0.2, 0.25) is 0 Å². The summed E-state index contributed by atoms with van der Waals surface area (Å²) in [5.74, 6) is -0.124. The molecular formula is C28H29FN6O3. The number of benzene rings is 1. The number of carbonyl (C=O) groups is 1. The molecule has 38 heavy (non-hydrogen) atoms. The number of alkyl halides is 1. The number of halogens is 1. The number of amides is 1. The molecule has 10 heteroatoms. The lowest BCUT2D eigenvalue weighted by atomic mass is 9.98. The highest BCUT2D eigenvalue weighted by molar-refractivity contribution is 6.00. The Hall–Kier alpha value is -4.33. The molecule has 4 N–H and O–H groups in total. The van der Waals surface area contributed by atoms with Gasteiger partial charge in [-0.1, -0.05) is 12.1 Å². The van der Waals surface area contributed by atoms with Crippen LogP contribution in [0.5, 0.6) is 0 Å². The first-order valence-electron chi connectivity index (χ1n) is 12.0. The Morgan fingerprint density at radius 2 is 1.89 bits per heavy atom. The lowest BCUT2D eigenvalue weighted by molar-refractivity contribution is -0.00177. The number of nitriles is 1. The van der Waals surface area contributed by atoms with Gasteiger partial charge >= 0.3 is 0 Å². The summed E-state index contributed by atoms with van der Waals surface area (Å²) in [7, 11) is 0. The Labute approximate surface area is 219 Å². The van der Waals surface area contributed by atoms with E-state index in [0.29, 0.717) is 34.0 Å². The van der Waals surface area contributed by atoms with E-state index in [9.17, 15) is 19.4 Å². The van der Waals surface area contributed by atoms with Gasteiger partial charge in [0.2, 0.25) is 0 Å². The SMILES string of the molecule is CC(C)(O)c1cccc(Nc2cc(-n3ccc4cc(C#N)cnc43)ncc2C(=O)NC[C@@H](F)C(C)(C)O)c1. The Morgan fingerprint density at radius 3 is 2.58 bits per heavy atom. The number of pyridine rings is 2. The molecule has 0 radical (unpaired) electrons. The predicted octanol–water partition coefficient (Wildman–Crippen LogP) is 4.10. The lowest BCUT2D eigenvalue weighted by Crippen LogP contribution is -2.42. The number of rotatable bonds is 8. The molecule has 0 spiro atoms. The van der Waals surface area contributed by atoms with Crippen molar-refractivity contribution in [2.24, 2.45) is 0 Å². The summed E-state index contributed by atoms with van der Waals surface area (Å²) >= 11 is 0. The average Bonchev–Trinajstić information content (AvgIpc) is 3.29. The third-order valence-electron chi connectivity index (χ3n) is 6.09. The number of nitrogens with zero attached hydrogens (tertiary/aromatic N) is 4. The van der Waals surface area contributed by atoms with Crippen molar-refractivity contribution in [3.05, 3.63) is 77.7 Å². The van der Waals surface area contributed by atoms with Crippen molar-refractivity contribution in [1.82, 2.24) is 19.9 Å². The highest BCUT2D eigenvalue weighted by Gasteiger charge is 2.27. The van der Waals surface area contributed by atoms with Crippen LogP contribution >= 0.6 is 0 Å². The van der Waals surface area contributed by atoms with Gasteiger partial charge in [-0.15, -0.1) is 0 Å². The van der Waals surface area contributed by atoms with E-state index in [4.69, 9.17) is 5.26 Å². The second kappa shape index (κ2) is 10.2. The standard InChI is InChI=1S/C28H29FN6O3/c1-27(2,37)19-6-5-7-20(11-19)34-22-12-24(35-9-8-18-10-17(13-30)14-32-25(18)35)31-15-21(22)26(36)33-16-23(29)28(3,4)38/h5-12,14-15,23,37-38H,16H2,1-4H3,(H,31,34)(H,33,36)/t23-/m1/s1. The van der Waals surface area contributed by atoms with Crippen molar-refractivity contribution in [1.29, 1.82) is 5.26 Å². The zero-order valence-corrected chi connectivity index (χ0v) is 21.5. The molecule has 1 amide bonds. The molecule has 0 fully saturated rings.